The van der Waals surface area contributed by atoms with Gasteiger partial charge in [-0.25, -0.2) is 4.98 Å². The van der Waals surface area contributed by atoms with Crippen LogP contribution in [-0.4, -0.2) is 22.3 Å². The van der Waals surface area contributed by atoms with Crippen LogP contribution in [-0.2, 0) is 0 Å². The minimum Gasteiger partial charge on any atom is -0.481 e. The van der Waals surface area contributed by atoms with Gasteiger partial charge in [0.15, 0.2) is 0 Å². The van der Waals surface area contributed by atoms with E-state index in [0.29, 0.717) is 16.7 Å². The van der Waals surface area contributed by atoms with E-state index < -0.39 is 0 Å². The van der Waals surface area contributed by atoms with Crippen molar-refractivity contribution in [2.24, 2.45) is 0 Å². The quantitative estimate of drug-likeness (QED) is 0.753. The number of fused-ring (bicyclic) bond motifs is 1. The fourth-order valence-corrected chi connectivity index (χ4v) is 2.31. The van der Waals surface area contributed by atoms with Gasteiger partial charge >= 0.3 is 0 Å². The summed E-state index contributed by atoms with van der Waals surface area (Å²) in [7, 11) is 1.58. The zero-order valence-electron chi connectivity index (χ0n) is 10.1. The van der Waals surface area contributed by atoms with Crippen LogP contribution in [0.1, 0.15) is 0 Å². The molecule has 0 aliphatic carbocycles. The number of H-pyrrole nitrogens is 1. The molecule has 0 fully saturated rings. The summed E-state index contributed by atoms with van der Waals surface area (Å²) in [6, 6.07) is 7.41. The van der Waals surface area contributed by atoms with Crippen molar-refractivity contribution in [3.8, 4) is 17.0 Å². The van der Waals surface area contributed by atoms with Gasteiger partial charge in [-0.1, -0.05) is 17.7 Å². The molecule has 6 heteroatoms. The van der Waals surface area contributed by atoms with Gasteiger partial charge < -0.3 is 10.5 Å². The Morgan fingerprint density at radius 1 is 1.21 bits per heavy atom. The third-order valence-corrected chi connectivity index (χ3v) is 3.36. The first kappa shape index (κ1) is 11.8. The number of pyridine rings is 1. The molecule has 0 spiro atoms. The lowest BCUT2D eigenvalue weighted by atomic mass is 10.1. The van der Waals surface area contributed by atoms with E-state index in [4.69, 9.17) is 22.1 Å². The number of aromatic nitrogens is 3. The molecule has 96 valence electrons. The van der Waals surface area contributed by atoms with Crippen molar-refractivity contribution in [3.05, 3.63) is 35.5 Å². The summed E-state index contributed by atoms with van der Waals surface area (Å²) in [6.45, 7) is 0. The molecule has 3 rings (SSSR count). The molecule has 0 atom stereocenters. The molecular formula is C13H11ClN4O. The Morgan fingerprint density at radius 2 is 2.05 bits per heavy atom. The highest BCUT2D eigenvalue weighted by molar-refractivity contribution is 6.38. The molecule has 0 aliphatic rings. The average Bonchev–Trinajstić information content (AvgIpc) is 2.85. The first-order valence-electron chi connectivity index (χ1n) is 5.63. The van der Waals surface area contributed by atoms with Crippen LogP contribution >= 0.6 is 11.6 Å². The molecule has 3 aromatic rings. The Kier molecular flexibility index (Phi) is 2.76. The molecular weight excluding hydrogens is 264 g/mol. The first-order valence-corrected chi connectivity index (χ1v) is 6.01. The Bertz CT molecular complexity index is 753. The van der Waals surface area contributed by atoms with Gasteiger partial charge in [-0.2, -0.15) is 5.10 Å². The van der Waals surface area contributed by atoms with E-state index in [1.165, 1.54) is 0 Å². The van der Waals surface area contributed by atoms with E-state index in [9.17, 15) is 0 Å². The van der Waals surface area contributed by atoms with Crippen LogP contribution < -0.4 is 10.5 Å². The Hall–Kier alpha value is -2.27. The number of nitrogens with one attached hydrogen (secondary N) is 1. The predicted molar refractivity (Wildman–Crippen MR) is 75.3 cm³/mol. The van der Waals surface area contributed by atoms with Gasteiger partial charge in [0, 0.05) is 22.6 Å². The van der Waals surface area contributed by atoms with Gasteiger partial charge in [0.05, 0.1) is 23.8 Å². The Morgan fingerprint density at radius 3 is 2.74 bits per heavy atom. The van der Waals surface area contributed by atoms with E-state index in [0.717, 1.165) is 22.0 Å². The SMILES string of the molecule is COc1ccc2c(Cl)c(-c3cn[nH]c3N)ccc2n1. The number of aromatic amines is 1. The van der Waals surface area contributed by atoms with Gasteiger partial charge in [-0.05, 0) is 12.1 Å². The summed E-state index contributed by atoms with van der Waals surface area (Å²) in [6.07, 6.45) is 1.65. The Balaban J connectivity index is 2.24. The van der Waals surface area contributed by atoms with Crippen molar-refractivity contribution in [3.63, 3.8) is 0 Å². The number of methoxy groups -OCH3 is 1. The van der Waals surface area contributed by atoms with Crippen molar-refractivity contribution >= 4 is 28.3 Å². The lowest BCUT2D eigenvalue weighted by Crippen LogP contribution is -1.91. The van der Waals surface area contributed by atoms with E-state index in [-0.39, 0.29) is 0 Å². The van der Waals surface area contributed by atoms with Crippen LogP contribution in [0.15, 0.2) is 30.5 Å². The zero-order chi connectivity index (χ0) is 13.4. The van der Waals surface area contributed by atoms with Crippen LogP contribution in [0.2, 0.25) is 5.02 Å². The van der Waals surface area contributed by atoms with Crippen molar-refractivity contribution in [1.82, 2.24) is 15.2 Å². The molecule has 2 aromatic heterocycles. The molecule has 19 heavy (non-hydrogen) atoms. The van der Waals surface area contributed by atoms with Crippen LogP contribution in [0.5, 0.6) is 5.88 Å². The fraction of sp³-hybridized carbons (Fsp3) is 0.0769. The van der Waals surface area contributed by atoms with Crippen molar-refractivity contribution in [2.45, 2.75) is 0 Å². The maximum Gasteiger partial charge on any atom is 0.213 e. The highest BCUT2D eigenvalue weighted by atomic mass is 35.5. The second-order valence-electron chi connectivity index (χ2n) is 4.04. The molecule has 0 radical (unpaired) electrons. The highest BCUT2D eigenvalue weighted by Crippen LogP contribution is 2.36. The summed E-state index contributed by atoms with van der Waals surface area (Å²) >= 11 is 6.42. The molecule has 0 saturated heterocycles. The molecule has 3 N–H and O–H groups in total. The van der Waals surface area contributed by atoms with Crippen molar-refractivity contribution in [1.29, 1.82) is 0 Å². The molecule has 1 aromatic carbocycles. The van der Waals surface area contributed by atoms with Crippen LogP contribution in [0, 0.1) is 0 Å². The number of hydrogen-bond acceptors (Lipinski definition) is 4. The second kappa shape index (κ2) is 4.44. The summed E-state index contributed by atoms with van der Waals surface area (Å²) in [5.74, 6) is 1.04. The Labute approximate surface area is 114 Å². The van der Waals surface area contributed by atoms with Crippen LogP contribution in [0.25, 0.3) is 22.0 Å². The van der Waals surface area contributed by atoms with Gasteiger partial charge in [0.2, 0.25) is 5.88 Å². The summed E-state index contributed by atoms with van der Waals surface area (Å²) in [5.41, 5.74) is 8.20. The highest BCUT2D eigenvalue weighted by Gasteiger charge is 2.12. The van der Waals surface area contributed by atoms with Gasteiger partial charge in [-0.15, -0.1) is 0 Å². The first-order chi connectivity index (χ1) is 9.20. The lowest BCUT2D eigenvalue weighted by molar-refractivity contribution is 0.399. The molecule has 5 nitrogen and oxygen atoms in total. The van der Waals surface area contributed by atoms with Crippen LogP contribution in [0.3, 0.4) is 0 Å². The van der Waals surface area contributed by atoms with E-state index >= 15 is 0 Å². The third-order valence-electron chi connectivity index (χ3n) is 2.95. The number of anilines is 1. The number of nitrogens with two attached hydrogens (primary N) is 1. The zero-order valence-corrected chi connectivity index (χ0v) is 10.9. The van der Waals surface area contributed by atoms with Gasteiger partial charge in [0.1, 0.15) is 5.82 Å². The number of hydrogen-bond donors (Lipinski definition) is 2. The second-order valence-corrected chi connectivity index (χ2v) is 4.42. The van der Waals surface area contributed by atoms with Gasteiger partial charge in [0.25, 0.3) is 0 Å². The summed E-state index contributed by atoms with van der Waals surface area (Å²) in [4.78, 5) is 4.34. The molecule has 0 saturated carbocycles. The summed E-state index contributed by atoms with van der Waals surface area (Å²) < 4.78 is 5.09. The number of halogens is 1. The molecule has 0 bridgehead atoms. The predicted octanol–water partition coefficient (Wildman–Crippen LogP) is 2.87. The standard InChI is InChI=1S/C13H11ClN4O/c1-19-11-5-3-8-10(17-11)4-2-7(12(8)14)9-6-16-18-13(9)15/h2-6H,1H3,(H3,15,16,18). The van der Waals surface area contributed by atoms with E-state index in [1.54, 1.807) is 19.4 Å². The molecule has 0 unspecified atom stereocenters. The largest absolute Gasteiger partial charge is 0.481 e. The van der Waals surface area contributed by atoms with Crippen molar-refractivity contribution in [2.75, 3.05) is 12.8 Å². The topological polar surface area (TPSA) is 76.8 Å². The maximum absolute atomic E-state index is 6.42. The minimum absolute atomic E-state index is 0.489. The monoisotopic (exact) mass is 274 g/mol. The lowest BCUT2D eigenvalue weighted by Gasteiger charge is -2.07. The summed E-state index contributed by atoms with van der Waals surface area (Å²) in [5, 5.41) is 8.04. The number of benzene rings is 1. The fourth-order valence-electron chi connectivity index (χ4n) is 1.98. The molecule has 0 amide bonds. The number of nitrogens with zero attached hydrogens (tertiary/aromatic N) is 2. The number of nitrogen functional groups attached to an aromatic ring is 1. The smallest absolute Gasteiger partial charge is 0.213 e. The number of rotatable bonds is 2. The number of ether oxygens (including phenoxy) is 1. The third kappa shape index (κ3) is 1.88. The van der Waals surface area contributed by atoms with E-state index in [2.05, 4.69) is 15.2 Å². The molecule has 2 heterocycles. The van der Waals surface area contributed by atoms with Gasteiger partial charge in [-0.3, -0.25) is 5.10 Å². The van der Waals surface area contributed by atoms with Crippen molar-refractivity contribution < 1.29 is 4.74 Å². The van der Waals surface area contributed by atoms with E-state index in [1.807, 2.05) is 18.2 Å². The van der Waals surface area contributed by atoms with Crippen LogP contribution in [0.4, 0.5) is 5.82 Å². The normalized spacial score (nSPS) is 10.8. The molecule has 0 aliphatic heterocycles. The maximum atomic E-state index is 6.42. The average molecular weight is 275 g/mol. The minimum atomic E-state index is 0.489.